The second kappa shape index (κ2) is 9.17. The highest BCUT2D eigenvalue weighted by Gasteiger charge is 2.47. The first-order valence-electron chi connectivity index (χ1n) is 8.84. The molecule has 0 saturated heterocycles. The van der Waals surface area contributed by atoms with Gasteiger partial charge in [0.15, 0.2) is 5.41 Å². The zero-order valence-electron chi connectivity index (χ0n) is 15.0. The molecule has 0 saturated carbocycles. The molecule has 6 nitrogen and oxygen atoms in total. The lowest BCUT2D eigenvalue weighted by atomic mass is 9.76. The number of carboxylic acids is 2. The zero-order chi connectivity index (χ0) is 19.0. The molecule has 1 aliphatic carbocycles. The van der Waals surface area contributed by atoms with Crippen LogP contribution in [0.2, 0.25) is 0 Å². The van der Waals surface area contributed by atoms with Crippen molar-refractivity contribution >= 4 is 17.7 Å². The fourth-order valence-electron chi connectivity index (χ4n) is 3.42. The Morgan fingerprint density at radius 2 is 1.81 bits per heavy atom. The molecule has 0 aliphatic heterocycles. The van der Waals surface area contributed by atoms with Crippen molar-refractivity contribution in [1.29, 1.82) is 0 Å². The van der Waals surface area contributed by atoms with Gasteiger partial charge < -0.3 is 15.1 Å². The van der Waals surface area contributed by atoms with Crippen LogP contribution in [-0.2, 0) is 19.8 Å². The number of hydrogen-bond donors (Lipinski definition) is 2. The molecule has 1 aliphatic rings. The Hall–Kier alpha value is -2.63. The third-order valence-corrected chi connectivity index (χ3v) is 4.84. The Kier molecular flexibility index (Phi) is 6.95. The van der Waals surface area contributed by atoms with Crippen molar-refractivity contribution in [2.24, 2.45) is 5.16 Å². The first-order valence-corrected chi connectivity index (χ1v) is 8.84. The summed E-state index contributed by atoms with van der Waals surface area (Å²) in [6, 6.07) is 8.21. The van der Waals surface area contributed by atoms with Gasteiger partial charge >= 0.3 is 11.9 Å². The first-order chi connectivity index (χ1) is 12.5. The van der Waals surface area contributed by atoms with Gasteiger partial charge in [-0.25, -0.2) is 0 Å². The van der Waals surface area contributed by atoms with Gasteiger partial charge in [0, 0.05) is 0 Å². The van der Waals surface area contributed by atoms with Crippen molar-refractivity contribution in [1.82, 2.24) is 0 Å². The molecule has 0 radical (unpaired) electrons. The van der Waals surface area contributed by atoms with Crippen molar-refractivity contribution in [2.45, 2.75) is 50.4 Å². The molecule has 0 amide bonds. The van der Waals surface area contributed by atoms with Crippen LogP contribution in [0.4, 0.5) is 0 Å². The quantitative estimate of drug-likeness (QED) is 0.377. The minimum atomic E-state index is -1.89. The monoisotopic (exact) mass is 359 g/mol. The zero-order valence-corrected chi connectivity index (χ0v) is 15.0. The average molecular weight is 359 g/mol. The van der Waals surface area contributed by atoms with Gasteiger partial charge in [0.1, 0.15) is 7.11 Å². The van der Waals surface area contributed by atoms with Crippen LogP contribution in [0.15, 0.2) is 47.1 Å². The van der Waals surface area contributed by atoms with Crippen LogP contribution >= 0.6 is 0 Å². The van der Waals surface area contributed by atoms with Crippen molar-refractivity contribution in [3.05, 3.63) is 47.5 Å². The standard InChI is InChI=1S/C20H25NO5/c1-26-21-17-13-8-10-15(17)9-4-3-7-14-20(18(22)23,19(24)25)16-11-5-2-6-12-16/h2,5-6,10-12H,3-4,7-9,13-14H2,1H3,(H,22,23)(H,24,25)/b21-17+. The summed E-state index contributed by atoms with van der Waals surface area (Å²) < 4.78 is 0. The van der Waals surface area contributed by atoms with Gasteiger partial charge in [-0.05, 0) is 43.2 Å². The molecule has 0 heterocycles. The van der Waals surface area contributed by atoms with Gasteiger partial charge in [0.2, 0.25) is 0 Å². The predicted octanol–water partition coefficient (Wildman–Crippen LogP) is 3.77. The number of carboxylic acid groups (broad SMARTS) is 2. The number of carbonyl (C=O) groups is 2. The Morgan fingerprint density at radius 1 is 1.12 bits per heavy atom. The molecular weight excluding hydrogens is 334 g/mol. The number of aliphatic carboxylic acids is 2. The molecule has 0 atom stereocenters. The van der Waals surface area contributed by atoms with Crippen LogP contribution in [0.5, 0.6) is 0 Å². The van der Waals surface area contributed by atoms with Crippen molar-refractivity contribution < 1.29 is 24.6 Å². The molecule has 0 fully saturated rings. The third-order valence-electron chi connectivity index (χ3n) is 4.84. The highest BCUT2D eigenvalue weighted by atomic mass is 16.6. The van der Waals surface area contributed by atoms with E-state index in [1.807, 2.05) is 0 Å². The lowest BCUT2D eigenvalue weighted by molar-refractivity contribution is -0.158. The number of rotatable bonds is 10. The van der Waals surface area contributed by atoms with E-state index >= 15 is 0 Å². The number of benzene rings is 1. The van der Waals surface area contributed by atoms with E-state index < -0.39 is 17.4 Å². The van der Waals surface area contributed by atoms with Gasteiger partial charge in [0.05, 0.1) is 5.71 Å². The molecule has 140 valence electrons. The van der Waals surface area contributed by atoms with E-state index in [0.29, 0.717) is 12.0 Å². The SMILES string of the molecule is CO/N=C1\CCC=C1CCCCCC(C(=O)O)(C(=O)O)c1ccccc1. The summed E-state index contributed by atoms with van der Waals surface area (Å²) in [6.07, 6.45) is 7.06. The van der Waals surface area contributed by atoms with Crippen molar-refractivity contribution in [3.8, 4) is 0 Å². The van der Waals surface area contributed by atoms with E-state index in [0.717, 1.165) is 37.8 Å². The van der Waals surface area contributed by atoms with Gasteiger partial charge in [-0.3, -0.25) is 9.59 Å². The molecule has 0 spiro atoms. The third kappa shape index (κ3) is 4.31. The maximum atomic E-state index is 11.8. The summed E-state index contributed by atoms with van der Waals surface area (Å²) in [5.41, 5.74) is 0.573. The Morgan fingerprint density at radius 3 is 2.42 bits per heavy atom. The smallest absolute Gasteiger partial charge is 0.325 e. The predicted molar refractivity (Wildman–Crippen MR) is 98.2 cm³/mol. The normalized spacial score (nSPS) is 15.7. The van der Waals surface area contributed by atoms with E-state index in [-0.39, 0.29) is 6.42 Å². The van der Waals surface area contributed by atoms with Crippen LogP contribution in [0.25, 0.3) is 0 Å². The topological polar surface area (TPSA) is 96.2 Å². The molecule has 6 heteroatoms. The van der Waals surface area contributed by atoms with Crippen LogP contribution in [0.1, 0.15) is 50.5 Å². The van der Waals surface area contributed by atoms with E-state index in [1.165, 1.54) is 12.7 Å². The molecule has 1 aromatic carbocycles. The van der Waals surface area contributed by atoms with Gasteiger partial charge in [-0.2, -0.15) is 0 Å². The van der Waals surface area contributed by atoms with Gasteiger partial charge in [0.25, 0.3) is 0 Å². The summed E-state index contributed by atoms with van der Waals surface area (Å²) in [4.78, 5) is 28.5. The fourth-order valence-corrected chi connectivity index (χ4v) is 3.42. The number of unbranched alkanes of at least 4 members (excludes halogenated alkanes) is 2. The second-order valence-electron chi connectivity index (χ2n) is 6.43. The van der Waals surface area contributed by atoms with Crippen LogP contribution in [-0.4, -0.2) is 35.0 Å². The molecule has 0 aromatic heterocycles. The minimum absolute atomic E-state index is 0.0692. The maximum Gasteiger partial charge on any atom is 0.325 e. The molecular formula is C20H25NO5. The molecule has 26 heavy (non-hydrogen) atoms. The summed E-state index contributed by atoms with van der Waals surface area (Å²) >= 11 is 0. The average Bonchev–Trinajstić information content (AvgIpc) is 3.06. The fraction of sp³-hybridized carbons (Fsp3) is 0.450. The van der Waals surface area contributed by atoms with E-state index in [4.69, 9.17) is 4.84 Å². The Bertz CT molecular complexity index is 679. The first kappa shape index (κ1) is 19.7. The maximum absolute atomic E-state index is 11.8. The molecule has 0 bridgehead atoms. The summed E-state index contributed by atoms with van der Waals surface area (Å²) in [6.45, 7) is 0. The van der Waals surface area contributed by atoms with E-state index in [1.54, 1.807) is 30.3 Å². The summed E-state index contributed by atoms with van der Waals surface area (Å²) in [5.74, 6) is -2.63. The van der Waals surface area contributed by atoms with Crippen molar-refractivity contribution in [3.63, 3.8) is 0 Å². The Balaban J connectivity index is 1.95. The van der Waals surface area contributed by atoms with Crippen LogP contribution < -0.4 is 0 Å². The molecule has 1 aromatic rings. The van der Waals surface area contributed by atoms with Crippen molar-refractivity contribution in [2.75, 3.05) is 7.11 Å². The molecule has 2 N–H and O–H groups in total. The van der Waals surface area contributed by atoms with Gasteiger partial charge in [-0.15, -0.1) is 0 Å². The van der Waals surface area contributed by atoms with E-state index in [9.17, 15) is 19.8 Å². The summed E-state index contributed by atoms with van der Waals surface area (Å²) in [7, 11) is 1.53. The molecule has 2 rings (SSSR count). The summed E-state index contributed by atoms with van der Waals surface area (Å²) in [5, 5.41) is 23.3. The number of hydrogen-bond acceptors (Lipinski definition) is 4. The van der Waals surface area contributed by atoms with Gasteiger partial charge in [-0.1, -0.05) is 54.4 Å². The second-order valence-corrected chi connectivity index (χ2v) is 6.43. The highest BCUT2D eigenvalue weighted by Crippen LogP contribution is 2.32. The highest BCUT2D eigenvalue weighted by molar-refractivity contribution is 6.04. The number of allylic oxidation sites excluding steroid dienone is 2. The number of nitrogens with zero attached hydrogens (tertiary/aromatic N) is 1. The van der Waals surface area contributed by atoms with Crippen LogP contribution in [0.3, 0.4) is 0 Å². The largest absolute Gasteiger partial charge is 0.480 e. The van der Waals surface area contributed by atoms with E-state index in [2.05, 4.69) is 11.2 Å². The molecule has 0 unspecified atom stereocenters. The minimum Gasteiger partial charge on any atom is -0.480 e. The number of oxime groups is 1. The Labute approximate surface area is 153 Å². The van der Waals surface area contributed by atoms with Crippen LogP contribution in [0, 0.1) is 0 Å². The lowest BCUT2D eigenvalue weighted by Gasteiger charge is -2.25. The lowest BCUT2D eigenvalue weighted by Crippen LogP contribution is -2.43.